The van der Waals surface area contributed by atoms with Crippen molar-refractivity contribution in [3.05, 3.63) is 58.6 Å². The fourth-order valence-electron chi connectivity index (χ4n) is 3.79. The molecular formula is C26H29ClN2O3S. The maximum atomic E-state index is 12.9. The molecule has 3 heterocycles. The number of ether oxygens (including phenoxy) is 1. The second kappa shape index (κ2) is 9.84. The number of hydrogen-bond acceptors (Lipinski definition) is 5. The summed E-state index contributed by atoms with van der Waals surface area (Å²) in [7, 11) is 0. The molecular weight excluding hydrogens is 456 g/mol. The van der Waals surface area contributed by atoms with Gasteiger partial charge in [0.25, 0.3) is 5.91 Å². The van der Waals surface area contributed by atoms with E-state index in [0.717, 1.165) is 47.5 Å². The Hall–Kier alpha value is -2.41. The molecule has 0 unspecified atom stereocenters. The molecule has 5 nitrogen and oxygen atoms in total. The van der Waals surface area contributed by atoms with E-state index in [1.165, 1.54) is 0 Å². The summed E-state index contributed by atoms with van der Waals surface area (Å²) in [6.45, 7) is 7.39. The van der Waals surface area contributed by atoms with Gasteiger partial charge in [-0.3, -0.25) is 4.79 Å². The standard InChI is InChI=1S/C26H29ClN2O3S/c1-17-7-10-29(11-8-17)25(30)19-4-5-21(22(27)12-19)23-13-20(15-33-23)18-6-9-28-24(14-18)32-16-26(2,3)31/h4-6,9,12-15,17,31H,7-8,10-11,16H2,1-3H3. The molecule has 1 fully saturated rings. The van der Waals surface area contributed by atoms with Crippen LogP contribution in [0.3, 0.4) is 0 Å². The van der Waals surface area contributed by atoms with Crippen LogP contribution in [0.5, 0.6) is 5.88 Å². The van der Waals surface area contributed by atoms with Gasteiger partial charge < -0.3 is 14.7 Å². The lowest BCUT2D eigenvalue weighted by Crippen LogP contribution is -2.37. The van der Waals surface area contributed by atoms with Crippen LogP contribution < -0.4 is 4.74 Å². The van der Waals surface area contributed by atoms with Gasteiger partial charge in [0.2, 0.25) is 5.88 Å². The quantitative estimate of drug-likeness (QED) is 0.455. The highest BCUT2D eigenvalue weighted by Gasteiger charge is 2.22. The van der Waals surface area contributed by atoms with Gasteiger partial charge in [-0.1, -0.05) is 24.6 Å². The highest BCUT2D eigenvalue weighted by molar-refractivity contribution is 7.14. The molecule has 2 aromatic heterocycles. The first-order valence-electron chi connectivity index (χ1n) is 11.2. The van der Waals surface area contributed by atoms with E-state index < -0.39 is 5.60 Å². The Kier molecular flexibility index (Phi) is 7.07. The van der Waals surface area contributed by atoms with Crippen molar-refractivity contribution in [3.63, 3.8) is 0 Å². The maximum absolute atomic E-state index is 12.9. The van der Waals surface area contributed by atoms with Gasteiger partial charge in [0, 0.05) is 41.4 Å². The lowest BCUT2D eigenvalue weighted by molar-refractivity contribution is 0.0268. The SMILES string of the molecule is CC1CCN(C(=O)c2ccc(-c3cc(-c4ccnc(OCC(C)(C)O)c4)cs3)c(Cl)c2)CC1. The van der Waals surface area contributed by atoms with Crippen LogP contribution >= 0.6 is 22.9 Å². The van der Waals surface area contributed by atoms with E-state index in [1.807, 2.05) is 29.2 Å². The maximum Gasteiger partial charge on any atom is 0.253 e. The summed E-state index contributed by atoms with van der Waals surface area (Å²) in [5, 5.41) is 12.5. The summed E-state index contributed by atoms with van der Waals surface area (Å²) in [6.07, 6.45) is 3.80. The van der Waals surface area contributed by atoms with Gasteiger partial charge in [-0.15, -0.1) is 11.3 Å². The molecule has 1 aliphatic rings. The number of halogens is 1. The Morgan fingerprint density at radius 2 is 1.97 bits per heavy atom. The summed E-state index contributed by atoms with van der Waals surface area (Å²) in [5.74, 6) is 1.20. The molecule has 0 radical (unpaired) electrons. The minimum absolute atomic E-state index is 0.0533. The lowest BCUT2D eigenvalue weighted by atomic mass is 9.98. The first kappa shape index (κ1) is 23.7. The number of rotatable bonds is 6. The van der Waals surface area contributed by atoms with Gasteiger partial charge in [0.05, 0.1) is 10.6 Å². The molecule has 1 aromatic carbocycles. The van der Waals surface area contributed by atoms with Crippen LogP contribution in [0.1, 0.15) is 44.0 Å². The highest BCUT2D eigenvalue weighted by atomic mass is 35.5. The van der Waals surface area contributed by atoms with Crippen LogP contribution in [0.4, 0.5) is 0 Å². The van der Waals surface area contributed by atoms with E-state index in [4.69, 9.17) is 16.3 Å². The number of hydrogen-bond donors (Lipinski definition) is 1. The van der Waals surface area contributed by atoms with Crippen LogP contribution in [0, 0.1) is 5.92 Å². The molecule has 0 spiro atoms. The summed E-state index contributed by atoms with van der Waals surface area (Å²) in [4.78, 5) is 20.1. The van der Waals surface area contributed by atoms with Crippen molar-refractivity contribution in [2.45, 2.75) is 39.2 Å². The molecule has 1 saturated heterocycles. The number of carbonyl (C=O) groups is 1. The van der Waals surface area contributed by atoms with Gasteiger partial charge in [-0.05, 0) is 73.4 Å². The first-order valence-corrected chi connectivity index (χ1v) is 12.4. The number of likely N-dealkylation sites (tertiary alicyclic amines) is 1. The first-order chi connectivity index (χ1) is 15.7. The monoisotopic (exact) mass is 484 g/mol. The molecule has 1 N–H and O–H groups in total. The normalized spacial score (nSPS) is 15.0. The molecule has 1 aliphatic heterocycles. The Balaban J connectivity index is 1.50. The number of nitrogens with zero attached hydrogens (tertiary/aromatic N) is 2. The number of thiophene rings is 1. The summed E-state index contributed by atoms with van der Waals surface area (Å²) in [5.41, 5.74) is 2.62. The minimum atomic E-state index is -0.927. The van der Waals surface area contributed by atoms with E-state index in [1.54, 1.807) is 37.4 Å². The van der Waals surface area contributed by atoms with Crippen LogP contribution in [-0.2, 0) is 0 Å². The average Bonchev–Trinajstić information content (AvgIpc) is 3.27. The van der Waals surface area contributed by atoms with Crippen molar-refractivity contribution in [2.75, 3.05) is 19.7 Å². The van der Waals surface area contributed by atoms with E-state index in [9.17, 15) is 9.90 Å². The second-order valence-corrected chi connectivity index (χ2v) is 10.7. The van der Waals surface area contributed by atoms with E-state index in [2.05, 4.69) is 23.4 Å². The third kappa shape index (κ3) is 5.94. The molecule has 0 saturated carbocycles. The molecule has 1 amide bonds. The van der Waals surface area contributed by atoms with Crippen LogP contribution in [0.25, 0.3) is 21.6 Å². The van der Waals surface area contributed by atoms with Crippen molar-refractivity contribution >= 4 is 28.8 Å². The molecule has 0 bridgehead atoms. The predicted molar refractivity (Wildman–Crippen MR) is 134 cm³/mol. The zero-order valence-corrected chi connectivity index (χ0v) is 20.7. The number of benzene rings is 1. The van der Waals surface area contributed by atoms with Gasteiger partial charge in [0.15, 0.2) is 0 Å². The second-order valence-electron chi connectivity index (χ2n) is 9.35. The molecule has 174 valence electrons. The third-order valence-electron chi connectivity index (χ3n) is 5.79. The lowest BCUT2D eigenvalue weighted by Gasteiger charge is -2.30. The van der Waals surface area contributed by atoms with Crippen LogP contribution in [0.2, 0.25) is 5.02 Å². The zero-order chi connectivity index (χ0) is 23.6. The summed E-state index contributed by atoms with van der Waals surface area (Å²) < 4.78 is 5.62. The van der Waals surface area contributed by atoms with E-state index in [-0.39, 0.29) is 12.5 Å². The molecule has 7 heteroatoms. The van der Waals surface area contributed by atoms with E-state index >= 15 is 0 Å². The van der Waals surface area contributed by atoms with Crippen molar-refractivity contribution in [2.24, 2.45) is 5.92 Å². The molecule has 0 atom stereocenters. The van der Waals surface area contributed by atoms with Crippen LogP contribution in [-0.4, -0.2) is 46.2 Å². The Morgan fingerprint density at radius 3 is 2.67 bits per heavy atom. The fraction of sp³-hybridized carbons (Fsp3) is 0.385. The van der Waals surface area contributed by atoms with Crippen molar-refractivity contribution in [1.82, 2.24) is 9.88 Å². The highest BCUT2D eigenvalue weighted by Crippen LogP contribution is 2.37. The summed E-state index contributed by atoms with van der Waals surface area (Å²) in [6, 6.07) is 11.4. The van der Waals surface area contributed by atoms with E-state index in [0.29, 0.717) is 22.4 Å². The van der Waals surface area contributed by atoms with Gasteiger partial charge in [0.1, 0.15) is 6.61 Å². The number of amides is 1. The Bertz CT molecular complexity index is 1130. The molecule has 0 aliphatic carbocycles. The van der Waals surface area contributed by atoms with Gasteiger partial charge in [-0.25, -0.2) is 4.98 Å². The fourth-order valence-corrected chi connectivity index (χ4v) is 5.09. The number of aliphatic hydroxyl groups is 1. The third-order valence-corrected chi connectivity index (χ3v) is 7.07. The van der Waals surface area contributed by atoms with Gasteiger partial charge in [-0.2, -0.15) is 0 Å². The van der Waals surface area contributed by atoms with Crippen LogP contribution in [0.15, 0.2) is 48.0 Å². The largest absolute Gasteiger partial charge is 0.475 e. The van der Waals surface area contributed by atoms with Crippen molar-refractivity contribution in [3.8, 4) is 27.4 Å². The number of carbonyl (C=O) groups excluding carboxylic acids is 1. The zero-order valence-electron chi connectivity index (χ0n) is 19.2. The number of aromatic nitrogens is 1. The minimum Gasteiger partial charge on any atom is -0.475 e. The Labute approximate surface area is 204 Å². The smallest absolute Gasteiger partial charge is 0.253 e. The topological polar surface area (TPSA) is 62.7 Å². The van der Waals surface area contributed by atoms with Gasteiger partial charge >= 0.3 is 0 Å². The predicted octanol–water partition coefficient (Wildman–Crippen LogP) is 6.15. The average molecular weight is 485 g/mol. The van der Waals surface area contributed by atoms with Crippen molar-refractivity contribution in [1.29, 1.82) is 0 Å². The van der Waals surface area contributed by atoms with Crippen molar-refractivity contribution < 1.29 is 14.6 Å². The number of pyridine rings is 1. The number of piperidine rings is 1. The molecule has 4 rings (SSSR count). The molecule has 3 aromatic rings. The Morgan fingerprint density at radius 1 is 1.21 bits per heavy atom. The molecule has 33 heavy (non-hydrogen) atoms. The summed E-state index contributed by atoms with van der Waals surface area (Å²) >= 11 is 8.21.